The zero-order valence-electron chi connectivity index (χ0n) is 5.77. The van der Waals surface area contributed by atoms with Crippen LogP contribution in [0.2, 0.25) is 0 Å². The first-order valence-corrected chi connectivity index (χ1v) is 2.40. The van der Waals surface area contributed by atoms with Crippen LogP contribution in [0.4, 0.5) is 0 Å². The molecule has 4 heteroatoms. The molecule has 3 nitrogen and oxygen atoms in total. The van der Waals surface area contributed by atoms with Gasteiger partial charge in [-0.05, 0) is 7.05 Å². The van der Waals surface area contributed by atoms with E-state index in [2.05, 4.69) is 5.32 Å². The first-order chi connectivity index (χ1) is 3.68. The normalized spacial score (nSPS) is 7.44. The fourth-order valence-corrected chi connectivity index (χ4v) is 0.253. The summed E-state index contributed by atoms with van der Waals surface area (Å²) in [5.74, 6) is -0.0208. The second-order valence-electron chi connectivity index (χ2n) is 1.67. The minimum absolute atomic E-state index is 0. The standard InChI is InChI=1S/C5H11N2O.Rh/c1-6-4-5(8)7(2)3;/h4,6H,1-3H3;/q-1;. The van der Waals surface area contributed by atoms with Crippen LogP contribution in [0.25, 0.3) is 0 Å². The molecule has 0 saturated heterocycles. The van der Waals surface area contributed by atoms with E-state index in [9.17, 15) is 4.79 Å². The first kappa shape index (κ1) is 11.7. The molecule has 1 N–H and O–H groups in total. The number of carbonyl (C=O) groups excluding carboxylic acids is 1. The van der Waals surface area contributed by atoms with Crippen LogP contribution in [0.1, 0.15) is 0 Å². The SMILES string of the molecule is CN[CH-]C(=O)N(C)C.[Rh]. The third-order valence-electron chi connectivity index (χ3n) is 0.709. The Morgan fingerprint density at radius 3 is 2.11 bits per heavy atom. The van der Waals surface area contributed by atoms with E-state index in [0.717, 1.165) is 0 Å². The molecule has 0 saturated carbocycles. The predicted octanol–water partition coefficient (Wildman–Crippen LogP) is -0.547. The molecule has 0 aromatic rings. The second kappa shape index (κ2) is 6.05. The smallest absolute Gasteiger partial charge is 0.0974 e. The van der Waals surface area contributed by atoms with Crippen LogP contribution in [0.5, 0.6) is 0 Å². The van der Waals surface area contributed by atoms with Crippen LogP contribution in [-0.2, 0) is 24.3 Å². The summed E-state index contributed by atoms with van der Waals surface area (Å²) in [5, 5.41) is 2.63. The molecule has 0 unspecified atom stereocenters. The van der Waals surface area contributed by atoms with Gasteiger partial charge in [-0.3, -0.25) is 0 Å². The van der Waals surface area contributed by atoms with E-state index in [1.807, 2.05) is 0 Å². The third-order valence-corrected chi connectivity index (χ3v) is 0.709. The van der Waals surface area contributed by atoms with Crippen molar-refractivity contribution in [2.75, 3.05) is 21.1 Å². The van der Waals surface area contributed by atoms with E-state index in [-0.39, 0.29) is 25.4 Å². The Bertz CT molecular complexity index is 85.0. The number of amides is 1. The molecule has 0 rings (SSSR count). The van der Waals surface area contributed by atoms with Crippen molar-refractivity contribution in [1.29, 1.82) is 0 Å². The molecule has 1 radical (unpaired) electrons. The quantitative estimate of drug-likeness (QED) is 0.498. The summed E-state index contributed by atoms with van der Waals surface area (Å²) in [6, 6.07) is 0. The Hall–Kier alpha value is -0.0766. The molecule has 57 valence electrons. The Balaban J connectivity index is 0. The molecule has 0 fully saturated rings. The fraction of sp³-hybridized carbons (Fsp3) is 0.600. The molecule has 0 atom stereocenters. The second-order valence-corrected chi connectivity index (χ2v) is 1.67. The van der Waals surface area contributed by atoms with Gasteiger partial charge in [-0.1, -0.05) is 0 Å². The van der Waals surface area contributed by atoms with Crippen molar-refractivity contribution in [2.24, 2.45) is 0 Å². The number of likely N-dealkylation sites (N-methyl/N-ethyl adjacent to an activating group) is 2. The molecule has 0 aliphatic rings. The van der Waals surface area contributed by atoms with Gasteiger partial charge < -0.3 is 15.0 Å². The summed E-state index contributed by atoms with van der Waals surface area (Å²) < 4.78 is 0. The summed E-state index contributed by atoms with van der Waals surface area (Å²) in [4.78, 5) is 12.0. The summed E-state index contributed by atoms with van der Waals surface area (Å²) in [7, 11) is 5.10. The maximum Gasteiger partial charge on any atom is 0.0974 e. The van der Waals surface area contributed by atoms with Crippen LogP contribution >= 0.6 is 0 Å². The van der Waals surface area contributed by atoms with Crippen molar-refractivity contribution < 1.29 is 24.3 Å². The number of nitrogens with zero attached hydrogens (tertiary/aromatic N) is 1. The molecular weight excluding hydrogens is 207 g/mol. The van der Waals surface area contributed by atoms with E-state index >= 15 is 0 Å². The van der Waals surface area contributed by atoms with Crippen molar-refractivity contribution in [1.82, 2.24) is 10.2 Å². The molecule has 0 aromatic carbocycles. The van der Waals surface area contributed by atoms with Crippen LogP contribution in [0.3, 0.4) is 0 Å². The van der Waals surface area contributed by atoms with E-state index in [0.29, 0.717) is 0 Å². The van der Waals surface area contributed by atoms with Gasteiger partial charge in [-0.2, -0.15) is 0 Å². The summed E-state index contributed by atoms with van der Waals surface area (Å²) in [6.45, 7) is 1.40. The summed E-state index contributed by atoms with van der Waals surface area (Å²) >= 11 is 0. The number of hydrogen-bond donors (Lipinski definition) is 1. The van der Waals surface area contributed by atoms with Crippen molar-refractivity contribution >= 4 is 5.91 Å². The number of carbonyl (C=O) groups is 1. The summed E-state index contributed by atoms with van der Waals surface area (Å²) in [5.41, 5.74) is 0. The maximum absolute atomic E-state index is 10.6. The van der Waals surface area contributed by atoms with E-state index in [1.165, 1.54) is 11.4 Å². The average Bonchev–Trinajstić information content (AvgIpc) is 1.67. The fourth-order valence-electron chi connectivity index (χ4n) is 0.253. The molecule has 0 spiro atoms. The molecule has 0 aliphatic heterocycles. The van der Waals surface area contributed by atoms with E-state index in [1.54, 1.807) is 21.1 Å². The zero-order valence-corrected chi connectivity index (χ0v) is 7.40. The van der Waals surface area contributed by atoms with Crippen molar-refractivity contribution in [3.63, 3.8) is 0 Å². The molecular formula is C5H11N2ORh-. The van der Waals surface area contributed by atoms with Gasteiger partial charge in [0.2, 0.25) is 0 Å². The van der Waals surface area contributed by atoms with Gasteiger partial charge in [-0.25, -0.2) is 6.54 Å². The minimum Gasteiger partial charge on any atom is -0.449 e. The molecule has 0 bridgehead atoms. The van der Waals surface area contributed by atoms with Gasteiger partial charge >= 0.3 is 0 Å². The van der Waals surface area contributed by atoms with Gasteiger partial charge in [0, 0.05) is 33.6 Å². The molecule has 1 amide bonds. The summed E-state index contributed by atoms with van der Waals surface area (Å²) in [6.07, 6.45) is 0. The van der Waals surface area contributed by atoms with Gasteiger partial charge in [0.05, 0.1) is 5.91 Å². The van der Waals surface area contributed by atoms with Gasteiger partial charge in [0.1, 0.15) is 0 Å². The number of hydrogen-bond acceptors (Lipinski definition) is 2. The zero-order chi connectivity index (χ0) is 6.57. The Morgan fingerprint density at radius 1 is 1.56 bits per heavy atom. The Labute approximate surface area is 68.6 Å². The van der Waals surface area contributed by atoms with Crippen LogP contribution in [0.15, 0.2) is 0 Å². The predicted molar refractivity (Wildman–Crippen MR) is 32.1 cm³/mol. The average molecular weight is 218 g/mol. The van der Waals surface area contributed by atoms with Crippen molar-refractivity contribution in [2.45, 2.75) is 0 Å². The molecule has 9 heavy (non-hydrogen) atoms. The molecule has 0 heterocycles. The van der Waals surface area contributed by atoms with Gasteiger partial charge in [-0.15, -0.1) is 0 Å². The number of nitrogens with one attached hydrogen (secondary N) is 1. The topological polar surface area (TPSA) is 32.3 Å². The largest absolute Gasteiger partial charge is 0.449 e. The number of rotatable bonds is 2. The Morgan fingerprint density at radius 2 is 2.00 bits per heavy atom. The van der Waals surface area contributed by atoms with Crippen molar-refractivity contribution in [3.8, 4) is 0 Å². The monoisotopic (exact) mass is 218 g/mol. The van der Waals surface area contributed by atoms with Crippen LogP contribution < -0.4 is 5.32 Å². The maximum atomic E-state index is 10.6. The van der Waals surface area contributed by atoms with E-state index in [4.69, 9.17) is 0 Å². The van der Waals surface area contributed by atoms with Gasteiger partial charge in [0.15, 0.2) is 0 Å². The first-order valence-electron chi connectivity index (χ1n) is 2.40. The molecule has 0 aromatic heterocycles. The van der Waals surface area contributed by atoms with Gasteiger partial charge in [0.25, 0.3) is 0 Å². The Kier molecular flexibility index (Phi) is 7.86. The minimum atomic E-state index is -0.0208. The van der Waals surface area contributed by atoms with Crippen LogP contribution in [0, 0.1) is 6.54 Å². The third kappa shape index (κ3) is 5.80. The molecule has 0 aliphatic carbocycles. The van der Waals surface area contributed by atoms with Crippen LogP contribution in [-0.4, -0.2) is 32.0 Å². The van der Waals surface area contributed by atoms with Crippen molar-refractivity contribution in [3.05, 3.63) is 6.54 Å². The van der Waals surface area contributed by atoms with E-state index < -0.39 is 0 Å².